The average molecular weight is 451 g/mol. The molecule has 0 radical (unpaired) electrons. The molecule has 1 atom stereocenters. The van der Waals surface area contributed by atoms with Crippen LogP contribution in [0.25, 0.3) is 11.1 Å². The van der Waals surface area contributed by atoms with E-state index < -0.39 is 21.8 Å². The van der Waals surface area contributed by atoms with E-state index in [-0.39, 0.29) is 17.2 Å². The van der Waals surface area contributed by atoms with E-state index in [9.17, 15) is 18.0 Å². The van der Waals surface area contributed by atoms with Gasteiger partial charge in [0.25, 0.3) is 0 Å². The van der Waals surface area contributed by atoms with Crippen molar-refractivity contribution in [2.45, 2.75) is 24.3 Å². The Hall–Kier alpha value is -2.26. The molecule has 1 aliphatic heterocycles. The quantitative estimate of drug-likeness (QED) is 0.699. The van der Waals surface area contributed by atoms with Crippen molar-refractivity contribution < 1.29 is 22.7 Å². The second kappa shape index (κ2) is 9.70. The number of Topliss-reactive ketones (excluding diaryl/α,β-unsaturated/α-hetero) is 1. The number of hydrogen-bond donors (Lipinski definition) is 1. The van der Waals surface area contributed by atoms with Crippen molar-refractivity contribution in [3.63, 3.8) is 0 Å². The van der Waals surface area contributed by atoms with Crippen LogP contribution >= 0.6 is 11.6 Å². The maximum absolute atomic E-state index is 12.8. The maximum Gasteiger partial charge on any atom is 0.241 e. The van der Waals surface area contributed by atoms with Gasteiger partial charge in [-0.15, -0.1) is 0 Å². The molecular formula is C21H23ClN2O5S. The molecular weight excluding hydrogens is 428 g/mol. The number of ether oxygens (including phenoxy) is 1. The van der Waals surface area contributed by atoms with Crippen LogP contribution in [-0.4, -0.2) is 57.4 Å². The van der Waals surface area contributed by atoms with Crippen LogP contribution in [0, 0.1) is 0 Å². The van der Waals surface area contributed by atoms with Gasteiger partial charge in [-0.05, 0) is 42.3 Å². The molecule has 1 aliphatic rings. The molecule has 1 heterocycles. The number of amides is 1. The largest absolute Gasteiger partial charge is 0.378 e. The molecule has 3 rings (SSSR count). The number of sulfonamides is 1. The average Bonchev–Trinajstić information content (AvgIpc) is 2.74. The lowest BCUT2D eigenvalue weighted by atomic mass is 10.1. The van der Waals surface area contributed by atoms with Crippen LogP contribution in [0.5, 0.6) is 0 Å². The normalized spacial score (nSPS) is 15.6. The Morgan fingerprint density at radius 3 is 2.10 bits per heavy atom. The number of benzene rings is 2. The first-order valence-electron chi connectivity index (χ1n) is 9.50. The zero-order valence-electron chi connectivity index (χ0n) is 16.5. The first kappa shape index (κ1) is 22.4. The fourth-order valence-electron chi connectivity index (χ4n) is 3.11. The van der Waals surface area contributed by atoms with Crippen molar-refractivity contribution in [3.8, 4) is 11.1 Å². The van der Waals surface area contributed by atoms with Gasteiger partial charge in [-0.3, -0.25) is 9.59 Å². The Balaban J connectivity index is 1.71. The molecule has 2 aromatic rings. The van der Waals surface area contributed by atoms with Gasteiger partial charge in [0.1, 0.15) is 5.78 Å². The molecule has 0 saturated carbocycles. The Morgan fingerprint density at radius 2 is 1.57 bits per heavy atom. The summed E-state index contributed by atoms with van der Waals surface area (Å²) in [6, 6.07) is 12.4. The van der Waals surface area contributed by atoms with Gasteiger partial charge in [0.15, 0.2) is 0 Å². The molecule has 0 unspecified atom stereocenters. The number of rotatable bonds is 7. The van der Waals surface area contributed by atoms with Gasteiger partial charge < -0.3 is 9.64 Å². The first-order valence-corrected chi connectivity index (χ1v) is 11.4. The highest BCUT2D eigenvalue weighted by Gasteiger charge is 2.28. The molecule has 1 saturated heterocycles. The third-order valence-corrected chi connectivity index (χ3v) is 6.61. The van der Waals surface area contributed by atoms with Crippen molar-refractivity contribution in [2.75, 3.05) is 26.3 Å². The van der Waals surface area contributed by atoms with Gasteiger partial charge in [-0.1, -0.05) is 35.9 Å². The topological polar surface area (TPSA) is 92.8 Å². The zero-order valence-corrected chi connectivity index (χ0v) is 18.1. The first-order chi connectivity index (χ1) is 14.3. The number of nitrogens with zero attached hydrogens (tertiary/aromatic N) is 1. The van der Waals surface area contributed by atoms with Crippen LogP contribution in [0.2, 0.25) is 5.02 Å². The summed E-state index contributed by atoms with van der Waals surface area (Å²) in [4.78, 5) is 26.0. The van der Waals surface area contributed by atoms with Crippen molar-refractivity contribution in [3.05, 3.63) is 53.6 Å². The fourth-order valence-corrected chi connectivity index (χ4v) is 4.49. The summed E-state index contributed by atoms with van der Waals surface area (Å²) < 4.78 is 33.1. The van der Waals surface area contributed by atoms with Crippen LogP contribution in [0.3, 0.4) is 0 Å². The monoisotopic (exact) mass is 450 g/mol. The molecule has 7 nitrogen and oxygen atoms in total. The predicted molar refractivity (Wildman–Crippen MR) is 114 cm³/mol. The molecule has 160 valence electrons. The molecule has 0 bridgehead atoms. The third-order valence-electron chi connectivity index (χ3n) is 4.87. The Labute approximate surface area is 181 Å². The van der Waals surface area contributed by atoms with E-state index >= 15 is 0 Å². The van der Waals surface area contributed by atoms with Gasteiger partial charge in [0, 0.05) is 18.1 Å². The number of carbonyl (C=O) groups excluding carboxylic acids is 2. The molecule has 2 aromatic carbocycles. The maximum atomic E-state index is 12.8. The molecule has 1 fully saturated rings. The molecule has 0 spiro atoms. The van der Waals surface area contributed by atoms with E-state index in [1.807, 2.05) is 12.1 Å². The molecule has 9 heteroatoms. The molecule has 30 heavy (non-hydrogen) atoms. The Morgan fingerprint density at radius 1 is 1.03 bits per heavy atom. The van der Waals surface area contributed by atoms with Crippen LogP contribution in [0.4, 0.5) is 0 Å². The van der Waals surface area contributed by atoms with E-state index in [1.54, 1.807) is 29.2 Å². The van der Waals surface area contributed by atoms with Gasteiger partial charge in [-0.2, -0.15) is 0 Å². The van der Waals surface area contributed by atoms with Crippen molar-refractivity contribution in [1.82, 2.24) is 9.62 Å². The van der Waals surface area contributed by atoms with E-state index in [0.717, 1.165) is 11.1 Å². The van der Waals surface area contributed by atoms with E-state index in [4.69, 9.17) is 16.3 Å². The third kappa shape index (κ3) is 5.66. The van der Waals surface area contributed by atoms with Crippen LogP contribution in [0.1, 0.15) is 13.3 Å². The minimum atomic E-state index is -3.97. The lowest BCUT2D eigenvalue weighted by Gasteiger charge is -2.28. The highest BCUT2D eigenvalue weighted by Crippen LogP contribution is 2.23. The number of carbonyl (C=O) groups is 2. The SMILES string of the molecule is CC(=O)[C@@H](CC(=O)N1CCOCC1)NS(=O)(=O)c1ccc(-c2ccc(Cl)cc2)cc1. The second-order valence-corrected chi connectivity index (χ2v) is 9.16. The van der Waals surface area contributed by atoms with E-state index in [0.29, 0.717) is 31.3 Å². The summed E-state index contributed by atoms with van der Waals surface area (Å²) in [5.41, 5.74) is 1.73. The van der Waals surface area contributed by atoms with Crippen molar-refractivity contribution in [2.24, 2.45) is 0 Å². The zero-order chi connectivity index (χ0) is 21.7. The second-order valence-electron chi connectivity index (χ2n) is 7.01. The molecule has 0 aliphatic carbocycles. The molecule has 0 aromatic heterocycles. The minimum absolute atomic E-state index is 0.0188. The highest BCUT2D eigenvalue weighted by molar-refractivity contribution is 7.89. The standard InChI is InChI=1S/C21H23ClN2O5S/c1-15(25)20(14-21(26)24-10-12-29-13-11-24)23-30(27,28)19-8-4-17(5-9-19)16-2-6-18(22)7-3-16/h2-9,20,23H,10-14H2,1H3/t20-/m1/s1. The van der Waals surface area contributed by atoms with Crippen LogP contribution < -0.4 is 4.72 Å². The van der Waals surface area contributed by atoms with E-state index in [1.165, 1.54) is 19.1 Å². The number of ketones is 1. The highest BCUT2D eigenvalue weighted by atomic mass is 35.5. The summed E-state index contributed by atoms with van der Waals surface area (Å²) in [6.45, 7) is 3.00. The lowest BCUT2D eigenvalue weighted by Crippen LogP contribution is -2.46. The van der Waals surface area contributed by atoms with Gasteiger partial charge in [-0.25, -0.2) is 13.1 Å². The van der Waals surface area contributed by atoms with Gasteiger partial charge in [0.05, 0.1) is 30.6 Å². The lowest BCUT2D eigenvalue weighted by molar-refractivity contribution is -0.137. The summed E-state index contributed by atoms with van der Waals surface area (Å²) in [6.07, 6.45) is -0.225. The molecule has 1 amide bonds. The van der Waals surface area contributed by atoms with Crippen LogP contribution in [0.15, 0.2) is 53.4 Å². The Bertz CT molecular complexity index is 1000. The van der Waals surface area contributed by atoms with Crippen molar-refractivity contribution >= 4 is 33.3 Å². The summed E-state index contributed by atoms with van der Waals surface area (Å²) in [5, 5.41) is 0.615. The van der Waals surface area contributed by atoms with E-state index in [2.05, 4.69) is 4.72 Å². The number of hydrogen-bond acceptors (Lipinski definition) is 5. The Kier molecular flexibility index (Phi) is 7.25. The number of morpholine rings is 1. The van der Waals surface area contributed by atoms with Crippen molar-refractivity contribution in [1.29, 1.82) is 0 Å². The number of halogens is 1. The summed E-state index contributed by atoms with van der Waals surface area (Å²) >= 11 is 5.90. The summed E-state index contributed by atoms with van der Waals surface area (Å²) in [7, 11) is -3.97. The van der Waals surface area contributed by atoms with Gasteiger partial charge >= 0.3 is 0 Å². The minimum Gasteiger partial charge on any atom is -0.378 e. The number of nitrogens with one attached hydrogen (secondary N) is 1. The smallest absolute Gasteiger partial charge is 0.241 e. The summed E-state index contributed by atoms with van der Waals surface area (Å²) in [5.74, 6) is -0.697. The van der Waals surface area contributed by atoms with Crippen LogP contribution in [-0.2, 0) is 24.3 Å². The predicted octanol–water partition coefficient (Wildman–Crippen LogP) is 2.49. The molecule has 1 N–H and O–H groups in total. The fraction of sp³-hybridized carbons (Fsp3) is 0.333. The van der Waals surface area contributed by atoms with Gasteiger partial charge in [0.2, 0.25) is 15.9 Å².